The molecule has 1 atom stereocenters. The minimum atomic E-state index is -0.761. The fourth-order valence-electron chi connectivity index (χ4n) is 7.28. The molecule has 6 nitrogen and oxygen atoms in total. The van der Waals surface area contributed by atoms with E-state index in [4.69, 9.17) is 14.2 Å². The zero-order valence-electron chi connectivity index (χ0n) is 37.6. The van der Waals surface area contributed by atoms with E-state index in [0.717, 1.165) is 69.6 Å². The number of hydrogen-bond donors (Lipinski definition) is 0. The first kappa shape index (κ1) is 53.4. The molecule has 6 heteroatoms. The van der Waals surface area contributed by atoms with Crippen LogP contribution >= 0.6 is 0 Å². The lowest BCUT2D eigenvalue weighted by Gasteiger charge is -2.18. The highest BCUT2D eigenvalue weighted by atomic mass is 16.6. The Bertz CT molecular complexity index is 839. The Morgan fingerprint density at radius 3 is 0.891 bits per heavy atom. The van der Waals surface area contributed by atoms with Gasteiger partial charge >= 0.3 is 17.9 Å². The number of esters is 3. The Morgan fingerprint density at radius 2 is 0.600 bits per heavy atom. The SMILES string of the molecule is CCCCCCCCCCCCCCCCC(=O)O[C@H](COC(=O)CCCCCCCCCCCCC(C)C)COC(=O)CCCCCCCCCC(C)C. The molecule has 0 unspecified atom stereocenters. The largest absolute Gasteiger partial charge is 0.462 e. The quantitative estimate of drug-likeness (QED) is 0.0348. The van der Waals surface area contributed by atoms with Crippen LogP contribution in [0.4, 0.5) is 0 Å². The summed E-state index contributed by atoms with van der Waals surface area (Å²) < 4.78 is 16.7. The molecule has 0 rings (SSSR count). The van der Waals surface area contributed by atoms with Gasteiger partial charge in [0.25, 0.3) is 0 Å². The van der Waals surface area contributed by atoms with Crippen LogP contribution in [0.5, 0.6) is 0 Å². The summed E-state index contributed by atoms with van der Waals surface area (Å²) in [6.45, 7) is 11.3. The molecule has 0 aromatic carbocycles. The van der Waals surface area contributed by atoms with Gasteiger partial charge in [-0.15, -0.1) is 0 Å². The van der Waals surface area contributed by atoms with Crippen molar-refractivity contribution in [2.45, 2.75) is 272 Å². The molecule has 0 heterocycles. The zero-order valence-corrected chi connectivity index (χ0v) is 37.6. The Morgan fingerprint density at radius 1 is 0.345 bits per heavy atom. The highest BCUT2D eigenvalue weighted by Gasteiger charge is 2.19. The summed E-state index contributed by atoms with van der Waals surface area (Å²) in [4.78, 5) is 37.8. The lowest BCUT2D eigenvalue weighted by molar-refractivity contribution is -0.167. The van der Waals surface area contributed by atoms with Gasteiger partial charge in [0.2, 0.25) is 0 Å². The number of rotatable bonds is 43. The van der Waals surface area contributed by atoms with Crippen molar-refractivity contribution in [3.63, 3.8) is 0 Å². The monoisotopic (exact) mass is 779 g/mol. The molecule has 0 saturated heterocycles. The number of carbonyl (C=O) groups excluding carboxylic acids is 3. The molecule has 0 N–H and O–H groups in total. The molecule has 55 heavy (non-hydrogen) atoms. The van der Waals surface area contributed by atoms with Gasteiger partial charge in [-0.2, -0.15) is 0 Å². The maximum Gasteiger partial charge on any atom is 0.306 e. The van der Waals surface area contributed by atoms with Crippen LogP contribution in [0.3, 0.4) is 0 Å². The molecule has 0 spiro atoms. The number of unbranched alkanes of at least 4 members (excludes halogenated alkanes) is 28. The summed E-state index contributed by atoms with van der Waals surface area (Å²) in [5.41, 5.74) is 0. The molecular formula is C49H94O6. The van der Waals surface area contributed by atoms with E-state index in [1.807, 2.05) is 0 Å². The van der Waals surface area contributed by atoms with Gasteiger partial charge in [0.1, 0.15) is 13.2 Å². The number of carbonyl (C=O) groups is 3. The normalized spacial score (nSPS) is 12.1. The fourth-order valence-corrected chi connectivity index (χ4v) is 7.28. The Hall–Kier alpha value is -1.59. The van der Waals surface area contributed by atoms with E-state index in [1.165, 1.54) is 154 Å². The second kappa shape index (κ2) is 42.0. The summed E-state index contributed by atoms with van der Waals surface area (Å²) in [7, 11) is 0. The molecule has 0 bridgehead atoms. The van der Waals surface area contributed by atoms with Crippen molar-refractivity contribution >= 4 is 17.9 Å². The molecule has 0 radical (unpaired) electrons. The number of hydrogen-bond acceptors (Lipinski definition) is 6. The molecule has 0 aliphatic carbocycles. The van der Waals surface area contributed by atoms with Gasteiger partial charge in [0.15, 0.2) is 6.10 Å². The second-order valence-electron chi connectivity index (χ2n) is 17.7. The lowest BCUT2D eigenvalue weighted by Crippen LogP contribution is -2.30. The van der Waals surface area contributed by atoms with Crippen LogP contribution < -0.4 is 0 Å². The van der Waals surface area contributed by atoms with Gasteiger partial charge < -0.3 is 14.2 Å². The summed E-state index contributed by atoms with van der Waals surface area (Å²) in [6.07, 6.45) is 40.9. The molecule has 0 aromatic heterocycles. The van der Waals surface area contributed by atoms with Crippen LogP contribution in [0, 0.1) is 11.8 Å². The van der Waals surface area contributed by atoms with Crippen molar-refractivity contribution in [3.8, 4) is 0 Å². The first-order valence-corrected chi connectivity index (χ1v) is 24.2. The molecule has 0 aliphatic rings. The Balaban J connectivity index is 4.32. The summed E-state index contributed by atoms with van der Waals surface area (Å²) in [6, 6.07) is 0. The molecular weight excluding hydrogens is 685 g/mol. The molecule has 0 aromatic rings. The van der Waals surface area contributed by atoms with Crippen molar-refractivity contribution in [2.75, 3.05) is 13.2 Å². The van der Waals surface area contributed by atoms with Crippen LogP contribution in [-0.2, 0) is 28.6 Å². The van der Waals surface area contributed by atoms with E-state index in [0.29, 0.717) is 19.3 Å². The average Bonchev–Trinajstić information content (AvgIpc) is 3.15. The van der Waals surface area contributed by atoms with E-state index < -0.39 is 6.10 Å². The summed E-state index contributed by atoms with van der Waals surface area (Å²) in [5, 5.41) is 0. The van der Waals surface area contributed by atoms with Crippen LogP contribution in [0.25, 0.3) is 0 Å². The van der Waals surface area contributed by atoms with Crippen LogP contribution in [-0.4, -0.2) is 37.2 Å². The van der Waals surface area contributed by atoms with Gasteiger partial charge in [-0.1, -0.05) is 227 Å². The van der Waals surface area contributed by atoms with Gasteiger partial charge in [0, 0.05) is 19.3 Å². The predicted molar refractivity (Wildman–Crippen MR) is 233 cm³/mol. The zero-order chi connectivity index (χ0) is 40.5. The summed E-state index contributed by atoms with van der Waals surface area (Å²) in [5.74, 6) is 0.744. The third-order valence-corrected chi connectivity index (χ3v) is 11.0. The van der Waals surface area contributed by atoms with Crippen molar-refractivity contribution in [1.29, 1.82) is 0 Å². The Labute approximate surface area is 342 Å². The van der Waals surface area contributed by atoms with Crippen molar-refractivity contribution in [1.82, 2.24) is 0 Å². The van der Waals surface area contributed by atoms with E-state index in [1.54, 1.807) is 0 Å². The van der Waals surface area contributed by atoms with Crippen LogP contribution in [0.15, 0.2) is 0 Å². The second-order valence-corrected chi connectivity index (χ2v) is 17.7. The van der Waals surface area contributed by atoms with E-state index >= 15 is 0 Å². The highest BCUT2D eigenvalue weighted by Crippen LogP contribution is 2.17. The first-order chi connectivity index (χ1) is 26.7. The summed E-state index contributed by atoms with van der Waals surface area (Å²) >= 11 is 0. The average molecular weight is 779 g/mol. The molecule has 326 valence electrons. The molecule has 0 amide bonds. The highest BCUT2D eigenvalue weighted by molar-refractivity contribution is 5.71. The van der Waals surface area contributed by atoms with Gasteiger partial charge in [-0.05, 0) is 31.1 Å². The minimum Gasteiger partial charge on any atom is -0.462 e. The van der Waals surface area contributed by atoms with E-state index in [2.05, 4.69) is 34.6 Å². The number of ether oxygens (including phenoxy) is 3. The third-order valence-electron chi connectivity index (χ3n) is 11.0. The van der Waals surface area contributed by atoms with Gasteiger partial charge in [0.05, 0.1) is 0 Å². The molecule has 0 saturated carbocycles. The lowest BCUT2D eigenvalue weighted by atomic mass is 10.0. The van der Waals surface area contributed by atoms with Crippen LogP contribution in [0.2, 0.25) is 0 Å². The predicted octanol–water partition coefficient (Wildman–Crippen LogP) is 15.4. The topological polar surface area (TPSA) is 78.9 Å². The fraction of sp³-hybridized carbons (Fsp3) is 0.939. The van der Waals surface area contributed by atoms with E-state index in [9.17, 15) is 14.4 Å². The maximum absolute atomic E-state index is 12.7. The van der Waals surface area contributed by atoms with Gasteiger partial charge in [-0.3, -0.25) is 14.4 Å². The first-order valence-electron chi connectivity index (χ1n) is 24.2. The standard InChI is InChI=1S/C49H94O6/c1-6-7-8-9-10-11-12-13-14-15-20-25-31-36-41-49(52)55-46(43-54-48(51)40-35-30-26-21-23-28-33-38-45(4)5)42-53-47(50)39-34-29-24-19-17-16-18-22-27-32-37-44(2)3/h44-46H,6-43H2,1-5H3/t46-/m1/s1. The van der Waals surface area contributed by atoms with Crippen molar-refractivity contribution in [3.05, 3.63) is 0 Å². The smallest absolute Gasteiger partial charge is 0.306 e. The minimum absolute atomic E-state index is 0.0649. The maximum atomic E-state index is 12.7. The third kappa shape index (κ3) is 43.4. The Kier molecular flexibility index (Phi) is 40.8. The van der Waals surface area contributed by atoms with E-state index in [-0.39, 0.29) is 31.1 Å². The molecule has 0 fully saturated rings. The van der Waals surface area contributed by atoms with Crippen LogP contribution in [0.1, 0.15) is 266 Å². The van der Waals surface area contributed by atoms with Gasteiger partial charge in [-0.25, -0.2) is 0 Å². The van der Waals surface area contributed by atoms with Crippen molar-refractivity contribution in [2.24, 2.45) is 11.8 Å². The molecule has 0 aliphatic heterocycles. The van der Waals surface area contributed by atoms with Crippen molar-refractivity contribution < 1.29 is 28.6 Å².